The van der Waals surface area contributed by atoms with Crippen LogP contribution in [0.5, 0.6) is 11.5 Å². The molecular weight excluding hydrogens is 262 g/mol. The molecule has 0 aliphatic rings. The van der Waals surface area contributed by atoms with Crippen molar-refractivity contribution >= 4 is 0 Å². The fourth-order valence-corrected chi connectivity index (χ4v) is 2.54. The van der Waals surface area contributed by atoms with Crippen LogP contribution in [0, 0.1) is 20.8 Å². The lowest BCUT2D eigenvalue weighted by Crippen LogP contribution is -2.03. The molecule has 0 radical (unpaired) electrons. The standard InChI is InChI=1S/C18H23NO2/c1-12-5-13(2)18(14(3)6-12)11-21-17-8-15(10-19)7-16(9-17)20-4/h5-9H,10-11,19H2,1-4H3. The molecule has 0 bridgehead atoms. The van der Waals surface area contributed by atoms with Gasteiger partial charge in [-0.2, -0.15) is 0 Å². The van der Waals surface area contributed by atoms with Gasteiger partial charge in [0.15, 0.2) is 0 Å². The summed E-state index contributed by atoms with van der Waals surface area (Å²) in [7, 11) is 1.65. The lowest BCUT2D eigenvalue weighted by Gasteiger charge is -2.14. The fraction of sp³-hybridized carbons (Fsp3) is 0.333. The monoisotopic (exact) mass is 285 g/mol. The Kier molecular flexibility index (Phi) is 4.86. The Morgan fingerprint density at radius 1 is 0.905 bits per heavy atom. The van der Waals surface area contributed by atoms with Crippen molar-refractivity contribution in [3.63, 3.8) is 0 Å². The summed E-state index contributed by atoms with van der Waals surface area (Å²) in [5.74, 6) is 1.56. The summed E-state index contributed by atoms with van der Waals surface area (Å²) < 4.78 is 11.2. The van der Waals surface area contributed by atoms with E-state index in [0.29, 0.717) is 13.2 Å². The van der Waals surface area contributed by atoms with Crippen LogP contribution in [0.1, 0.15) is 27.8 Å². The Balaban J connectivity index is 2.20. The van der Waals surface area contributed by atoms with E-state index in [2.05, 4.69) is 32.9 Å². The average molecular weight is 285 g/mol. The number of hydrogen-bond acceptors (Lipinski definition) is 3. The van der Waals surface area contributed by atoms with E-state index < -0.39 is 0 Å². The van der Waals surface area contributed by atoms with Crippen LogP contribution in [0.2, 0.25) is 0 Å². The molecular formula is C18H23NO2. The molecule has 0 spiro atoms. The first kappa shape index (κ1) is 15.4. The lowest BCUT2D eigenvalue weighted by atomic mass is 10.0. The molecule has 3 heteroatoms. The van der Waals surface area contributed by atoms with Gasteiger partial charge in [-0.3, -0.25) is 0 Å². The van der Waals surface area contributed by atoms with Crippen molar-refractivity contribution in [3.05, 3.63) is 58.1 Å². The molecule has 2 aromatic rings. The van der Waals surface area contributed by atoms with Crippen molar-refractivity contribution in [1.82, 2.24) is 0 Å². The fourth-order valence-electron chi connectivity index (χ4n) is 2.54. The van der Waals surface area contributed by atoms with Gasteiger partial charge in [0, 0.05) is 12.6 Å². The number of methoxy groups -OCH3 is 1. The van der Waals surface area contributed by atoms with E-state index in [1.807, 2.05) is 18.2 Å². The third kappa shape index (κ3) is 3.76. The minimum atomic E-state index is 0.468. The first-order chi connectivity index (χ1) is 10.0. The van der Waals surface area contributed by atoms with Crippen LogP contribution in [0.3, 0.4) is 0 Å². The lowest BCUT2D eigenvalue weighted by molar-refractivity contribution is 0.301. The van der Waals surface area contributed by atoms with Gasteiger partial charge in [0.1, 0.15) is 18.1 Å². The van der Waals surface area contributed by atoms with Crippen molar-refractivity contribution in [3.8, 4) is 11.5 Å². The van der Waals surface area contributed by atoms with Crippen LogP contribution in [-0.4, -0.2) is 7.11 Å². The van der Waals surface area contributed by atoms with Gasteiger partial charge in [-0.15, -0.1) is 0 Å². The summed E-state index contributed by atoms with van der Waals surface area (Å²) in [6.07, 6.45) is 0. The number of hydrogen-bond donors (Lipinski definition) is 1. The van der Waals surface area contributed by atoms with Crippen molar-refractivity contribution in [2.75, 3.05) is 7.11 Å². The minimum Gasteiger partial charge on any atom is -0.497 e. The summed E-state index contributed by atoms with van der Waals surface area (Å²) >= 11 is 0. The Bertz CT molecular complexity index is 590. The highest BCUT2D eigenvalue weighted by Gasteiger charge is 2.07. The Hall–Kier alpha value is -2.00. The highest BCUT2D eigenvalue weighted by Crippen LogP contribution is 2.25. The van der Waals surface area contributed by atoms with Crippen LogP contribution in [0.25, 0.3) is 0 Å². The first-order valence-corrected chi connectivity index (χ1v) is 7.11. The van der Waals surface area contributed by atoms with Crippen molar-refractivity contribution in [2.45, 2.75) is 33.9 Å². The van der Waals surface area contributed by atoms with E-state index in [4.69, 9.17) is 15.2 Å². The number of rotatable bonds is 5. The van der Waals surface area contributed by atoms with E-state index in [0.717, 1.165) is 17.1 Å². The van der Waals surface area contributed by atoms with E-state index in [-0.39, 0.29) is 0 Å². The minimum absolute atomic E-state index is 0.468. The van der Waals surface area contributed by atoms with Crippen molar-refractivity contribution in [1.29, 1.82) is 0 Å². The average Bonchev–Trinajstić information content (AvgIpc) is 2.45. The number of benzene rings is 2. The Morgan fingerprint density at radius 2 is 1.52 bits per heavy atom. The van der Waals surface area contributed by atoms with Gasteiger partial charge in [0.25, 0.3) is 0 Å². The molecule has 2 aromatic carbocycles. The molecule has 3 nitrogen and oxygen atoms in total. The van der Waals surface area contributed by atoms with E-state index in [1.54, 1.807) is 7.11 Å². The third-order valence-corrected chi connectivity index (χ3v) is 3.63. The smallest absolute Gasteiger partial charge is 0.123 e. The van der Waals surface area contributed by atoms with Gasteiger partial charge in [-0.1, -0.05) is 17.7 Å². The number of nitrogens with two attached hydrogens (primary N) is 1. The summed E-state index contributed by atoms with van der Waals surface area (Å²) in [4.78, 5) is 0. The largest absolute Gasteiger partial charge is 0.497 e. The van der Waals surface area contributed by atoms with Crippen molar-refractivity contribution in [2.24, 2.45) is 5.73 Å². The maximum absolute atomic E-state index is 5.94. The summed E-state index contributed by atoms with van der Waals surface area (Å²) in [5, 5.41) is 0. The Labute approximate surface area is 126 Å². The number of aryl methyl sites for hydroxylation is 3. The number of ether oxygens (including phenoxy) is 2. The van der Waals surface area contributed by atoms with Gasteiger partial charge in [-0.05, 0) is 55.2 Å². The normalized spacial score (nSPS) is 10.5. The topological polar surface area (TPSA) is 44.5 Å². The Morgan fingerprint density at radius 3 is 2.10 bits per heavy atom. The van der Waals surface area contributed by atoms with Gasteiger partial charge in [-0.25, -0.2) is 0 Å². The van der Waals surface area contributed by atoms with Crippen molar-refractivity contribution < 1.29 is 9.47 Å². The molecule has 2 N–H and O–H groups in total. The second-order valence-corrected chi connectivity index (χ2v) is 5.39. The maximum Gasteiger partial charge on any atom is 0.123 e. The molecule has 0 amide bonds. The maximum atomic E-state index is 5.94. The molecule has 0 atom stereocenters. The van der Waals surface area contributed by atoms with Crippen LogP contribution in [0.4, 0.5) is 0 Å². The third-order valence-electron chi connectivity index (χ3n) is 3.63. The molecule has 0 aromatic heterocycles. The van der Waals surface area contributed by atoms with E-state index in [1.165, 1.54) is 22.3 Å². The van der Waals surface area contributed by atoms with Crippen LogP contribution >= 0.6 is 0 Å². The predicted octanol–water partition coefficient (Wildman–Crippen LogP) is 3.66. The van der Waals surface area contributed by atoms with Crippen LogP contribution in [0.15, 0.2) is 30.3 Å². The highest BCUT2D eigenvalue weighted by molar-refractivity contribution is 5.40. The molecule has 0 saturated heterocycles. The second kappa shape index (κ2) is 6.64. The molecule has 0 heterocycles. The van der Waals surface area contributed by atoms with E-state index in [9.17, 15) is 0 Å². The highest BCUT2D eigenvalue weighted by atomic mass is 16.5. The quantitative estimate of drug-likeness (QED) is 0.912. The molecule has 21 heavy (non-hydrogen) atoms. The van der Waals surface area contributed by atoms with Crippen LogP contribution < -0.4 is 15.2 Å². The molecule has 0 saturated carbocycles. The molecule has 0 aliphatic carbocycles. The zero-order valence-corrected chi connectivity index (χ0v) is 13.2. The van der Waals surface area contributed by atoms with Gasteiger partial charge >= 0.3 is 0 Å². The summed E-state index contributed by atoms with van der Waals surface area (Å²) in [5.41, 5.74) is 11.7. The van der Waals surface area contributed by atoms with Gasteiger partial charge < -0.3 is 15.2 Å². The molecule has 0 unspecified atom stereocenters. The van der Waals surface area contributed by atoms with Gasteiger partial charge in [0.2, 0.25) is 0 Å². The van der Waals surface area contributed by atoms with E-state index >= 15 is 0 Å². The SMILES string of the molecule is COc1cc(CN)cc(OCc2c(C)cc(C)cc2C)c1. The van der Waals surface area contributed by atoms with Gasteiger partial charge in [0.05, 0.1) is 7.11 Å². The second-order valence-electron chi connectivity index (χ2n) is 5.39. The molecule has 112 valence electrons. The summed E-state index contributed by atoms with van der Waals surface area (Å²) in [6, 6.07) is 10.1. The van der Waals surface area contributed by atoms with Crippen LogP contribution in [-0.2, 0) is 13.2 Å². The molecule has 0 fully saturated rings. The predicted molar refractivity (Wildman–Crippen MR) is 85.9 cm³/mol. The first-order valence-electron chi connectivity index (χ1n) is 7.11. The zero-order valence-electron chi connectivity index (χ0n) is 13.2. The summed E-state index contributed by atoms with van der Waals surface area (Å²) in [6.45, 7) is 7.37. The zero-order chi connectivity index (χ0) is 15.4. The molecule has 2 rings (SSSR count). The molecule has 0 aliphatic heterocycles.